The number of hydrogen-bond acceptors (Lipinski definition) is 2. The van der Waals surface area contributed by atoms with Crippen LogP contribution in [0, 0.1) is 13.8 Å². The van der Waals surface area contributed by atoms with Gasteiger partial charge in [0.15, 0.2) is 0 Å². The van der Waals surface area contributed by atoms with Crippen LogP contribution in [-0.4, -0.2) is 29.4 Å². The zero-order valence-corrected chi connectivity index (χ0v) is 12.7. The van der Waals surface area contributed by atoms with Gasteiger partial charge in [0.25, 0.3) is 5.91 Å². The smallest absolute Gasteiger partial charge is 0.255 e. The van der Waals surface area contributed by atoms with Gasteiger partial charge in [-0.1, -0.05) is 42.5 Å². The number of likely N-dealkylation sites (N-methyl/N-ethyl adjacent to an activating group) is 1. The van der Waals surface area contributed by atoms with E-state index in [0.29, 0.717) is 12.1 Å². The lowest BCUT2D eigenvalue weighted by Crippen LogP contribution is -2.27. The first kappa shape index (κ1) is 15.0. The molecular formula is C18H20N2O. The van der Waals surface area contributed by atoms with E-state index in [1.54, 1.807) is 18.1 Å². The van der Waals surface area contributed by atoms with E-state index in [1.165, 1.54) is 0 Å². The van der Waals surface area contributed by atoms with Gasteiger partial charge >= 0.3 is 0 Å². The highest BCUT2D eigenvalue weighted by molar-refractivity contribution is 5.94. The largest absolute Gasteiger partial charge is 0.338 e. The first-order valence-corrected chi connectivity index (χ1v) is 6.98. The van der Waals surface area contributed by atoms with Crippen molar-refractivity contribution >= 4 is 12.0 Å². The molecule has 2 rings (SSSR count). The Kier molecular flexibility index (Phi) is 4.88. The maximum atomic E-state index is 12.3. The second-order valence-corrected chi connectivity index (χ2v) is 5.13. The second-order valence-electron chi connectivity index (χ2n) is 5.13. The molecule has 0 aliphatic rings. The van der Waals surface area contributed by atoms with Crippen LogP contribution in [0.15, 0.2) is 48.7 Å². The Morgan fingerprint density at radius 1 is 1.24 bits per heavy atom. The Bertz CT molecular complexity index is 648. The average molecular weight is 280 g/mol. The number of amides is 1. The number of pyridine rings is 1. The first-order chi connectivity index (χ1) is 10.1. The SMILES string of the molecule is Cc1cc(C(=O)N(C)CC=Cc2ccccc2)cnc1C. The van der Waals surface area contributed by atoms with E-state index in [9.17, 15) is 4.79 Å². The van der Waals surface area contributed by atoms with Gasteiger partial charge in [0.05, 0.1) is 5.56 Å². The minimum absolute atomic E-state index is 0.0108. The lowest BCUT2D eigenvalue weighted by molar-refractivity contribution is 0.0810. The molecule has 1 aromatic carbocycles. The van der Waals surface area contributed by atoms with Gasteiger partial charge in [-0.05, 0) is 31.0 Å². The van der Waals surface area contributed by atoms with Crippen LogP contribution >= 0.6 is 0 Å². The van der Waals surface area contributed by atoms with E-state index in [-0.39, 0.29) is 5.91 Å². The number of rotatable bonds is 4. The van der Waals surface area contributed by atoms with E-state index in [0.717, 1.165) is 16.8 Å². The van der Waals surface area contributed by atoms with Gasteiger partial charge in [-0.3, -0.25) is 9.78 Å². The number of carbonyl (C=O) groups excluding carboxylic acids is 1. The maximum Gasteiger partial charge on any atom is 0.255 e. The summed E-state index contributed by atoms with van der Waals surface area (Å²) in [7, 11) is 1.80. The molecule has 0 fully saturated rings. The number of aryl methyl sites for hydroxylation is 2. The molecule has 0 radical (unpaired) electrons. The van der Waals surface area contributed by atoms with Gasteiger partial charge in [-0.25, -0.2) is 0 Å². The quantitative estimate of drug-likeness (QED) is 0.859. The molecule has 21 heavy (non-hydrogen) atoms. The Morgan fingerprint density at radius 2 is 1.95 bits per heavy atom. The van der Waals surface area contributed by atoms with Gasteiger partial charge in [0, 0.05) is 25.5 Å². The zero-order chi connectivity index (χ0) is 15.2. The van der Waals surface area contributed by atoms with Crippen LogP contribution in [-0.2, 0) is 0 Å². The predicted molar refractivity (Wildman–Crippen MR) is 86.1 cm³/mol. The molecule has 1 aromatic heterocycles. The standard InChI is InChI=1S/C18H20N2O/c1-14-12-17(13-19-15(14)2)18(21)20(3)11-7-10-16-8-5-4-6-9-16/h4-10,12-13H,11H2,1-3H3. The van der Waals surface area contributed by atoms with Crippen molar-refractivity contribution in [2.75, 3.05) is 13.6 Å². The number of hydrogen-bond donors (Lipinski definition) is 0. The molecule has 1 amide bonds. The number of nitrogens with zero attached hydrogens (tertiary/aromatic N) is 2. The zero-order valence-electron chi connectivity index (χ0n) is 12.7. The fourth-order valence-electron chi connectivity index (χ4n) is 1.97. The van der Waals surface area contributed by atoms with Crippen molar-refractivity contribution in [1.29, 1.82) is 0 Å². The van der Waals surface area contributed by atoms with Gasteiger partial charge in [-0.2, -0.15) is 0 Å². The predicted octanol–water partition coefficient (Wildman–Crippen LogP) is 3.48. The van der Waals surface area contributed by atoms with E-state index in [1.807, 2.05) is 62.4 Å². The highest BCUT2D eigenvalue weighted by atomic mass is 16.2. The monoisotopic (exact) mass is 280 g/mol. The van der Waals surface area contributed by atoms with Crippen LogP contribution in [0.3, 0.4) is 0 Å². The summed E-state index contributed by atoms with van der Waals surface area (Å²) in [5.41, 5.74) is 3.76. The number of carbonyl (C=O) groups is 1. The van der Waals surface area contributed by atoms with Crippen molar-refractivity contribution in [3.8, 4) is 0 Å². The summed E-state index contributed by atoms with van der Waals surface area (Å²) in [4.78, 5) is 18.2. The van der Waals surface area contributed by atoms with Crippen molar-refractivity contribution < 1.29 is 4.79 Å². The van der Waals surface area contributed by atoms with Crippen LogP contribution < -0.4 is 0 Å². The van der Waals surface area contributed by atoms with Crippen molar-refractivity contribution in [1.82, 2.24) is 9.88 Å². The van der Waals surface area contributed by atoms with Gasteiger partial charge in [0.2, 0.25) is 0 Å². The molecule has 0 saturated heterocycles. The Hall–Kier alpha value is -2.42. The van der Waals surface area contributed by atoms with Gasteiger partial charge in [0.1, 0.15) is 0 Å². The third-order valence-corrected chi connectivity index (χ3v) is 3.42. The van der Waals surface area contributed by atoms with Gasteiger partial charge in [-0.15, -0.1) is 0 Å². The van der Waals surface area contributed by atoms with Crippen LogP contribution in [0.25, 0.3) is 6.08 Å². The molecule has 2 aromatic rings. The molecule has 0 aliphatic carbocycles. The summed E-state index contributed by atoms with van der Waals surface area (Å²) < 4.78 is 0. The summed E-state index contributed by atoms with van der Waals surface area (Å²) in [6.07, 6.45) is 5.65. The van der Waals surface area contributed by atoms with E-state index < -0.39 is 0 Å². The topological polar surface area (TPSA) is 33.2 Å². The van der Waals surface area contributed by atoms with Crippen molar-refractivity contribution in [2.45, 2.75) is 13.8 Å². The highest BCUT2D eigenvalue weighted by Gasteiger charge is 2.11. The minimum atomic E-state index is -0.0108. The summed E-state index contributed by atoms with van der Waals surface area (Å²) in [6.45, 7) is 4.48. The lowest BCUT2D eigenvalue weighted by atomic mass is 10.1. The molecule has 0 N–H and O–H groups in total. The minimum Gasteiger partial charge on any atom is -0.338 e. The third-order valence-electron chi connectivity index (χ3n) is 3.42. The molecule has 3 nitrogen and oxygen atoms in total. The van der Waals surface area contributed by atoms with Crippen molar-refractivity contribution in [2.24, 2.45) is 0 Å². The normalized spacial score (nSPS) is 10.8. The first-order valence-electron chi connectivity index (χ1n) is 6.98. The Balaban J connectivity index is 1.99. The summed E-state index contributed by atoms with van der Waals surface area (Å²) in [6, 6.07) is 11.9. The number of aromatic nitrogens is 1. The van der Waals surface area contributed by atoms with Crippen molar-refractivity contribution in [3.63, 3.8) is 0 Å². The average Bonchev–Trinajstić information content (AvgIpc) is 2.50. The van der Waals surface area contributed by atoms with Gasteiger partial charge < -0.3 is 4.90 Å². The van der Waals surface area contributed by atoms with Crippen LogP contribution in [0.2, 0.25) is 0 Å². The summed E-state index contributed by atoms with van der Waals surface area (Å²) in [5, 5.41) is 0. The van der Waals surface area contributed by atoms with E-state index in [2.05, 4.69) is 4.98 Å². The fourth-order valence-corrected chi connectivity index (χ4v) is 1.97. The highest BCUT2D eigenvalue weighted by Crippen LogP contribution is 2.09. The van der Waals surface area contributed by atoms with E-state index in [4.69, 9.17) is 0 Å². The third kappa shape index (κ3) is 4.02. The molecule has 0 aliphatic heterocycles. The van der Waals surface area contributed by atoms with Crippen LogP contribution in [0.4, 0.5) is 0 Å². The number of benzene rings is 1. The molecule has 108 valence electrons. The van der Waals surface area contributed by atoms with Crippen LogP contribution in [0.5, 0.6) is 0 Å². The molecule has 3 heteroatoms. The molecule has 0 unspecified atom stereocenters. The second kappa shape index (κ2) is 6.84. The lowest BCUT2D eigenvalue weighted by Gasteiger charge is -2.15. The Morgan fingerprint density at radius 3 is 2.62 bits per heavy atom. The fraction of sp³-hybridized carbons (Fsp3) is 0.222. The maximum absolute atomic E-state index is 12.3. The molecule has 0 saturated carbocycles. The molecule has 0 bridgehead atoms. The molecule has 0 spiro atoms. The van der Waals surface area contributed by atoms with E-state index >= 15 is 0 Å². The van der Waals surface area contributed by atoms with Crippen LogP contribution in [0.1, 0.15) is 27.2 Å². The molecular weight excluding hydrogens is 260 g/mol. The Labute approximate surface area is 125 Å². The van der Waals surface area contributed by atoms with Crippen molar-refractivity contribution in [3.05, 3.63) is 71.1 Å². The molecule has 0 atom stereocenters. The summed E-state index contributed by atoms with van der Waals surface area (Å²) in [5.74, 6) is -0.0108. The summed E-state index contributed by atoms with van der Waals surface area (Å²) >= 11 is 0. The molecule has 1 heterocycles.